The Morgan fingerprint density at radius 2 is 0.897 bits per heavy atom. The number of nitrogens with two attached hydrogens (primary N) is 2. The number of anilines is 2. The van der Waals surface area contributed by atoms with Crippen molar-refractivity contribution in [3.8, 4) is 22.3 Å². The largest absolute Gasteiger partial charge is 0.398 e. The van der Waals surface area contributed by atoms with Crippen molar-refractivity contribution in [1.29, 1.82) is 0 Å². The third kappa shape index (κ3) is 3.62. The first kappa shape index (κ1) is 18.8. The van der Waals surface area contributed by atoms with Gasteiger partial charge in [0, 0.05) is 27.9 Å². The molecule has 0 saturated carbocycles. The summed E-state index contributed by atoms with van der Waals surface area (Å²) >= 11 is 0. The van der Waals surface area contributed by atoms with E-state index >= 15 is 0 Å². The molecule has 0 amide bonds. The van der Waals surface area contributed by atoms with E-state index in [4.69, 9.17) is 11.5 Å². The number of benzene rings is 4. The highest BCUT2D eigenvalue weighted by Crippen LogP contribution is 2.38. The Morgan fingerprint density at radius 3 is 1.24 bits per heavy atom. The summed E-state index contributed by atoms with van der Waals surface area (Å²) in [7, 11) is 0. The topological polar surface area (TPSA) is 52.0 Å². The van der Waals surface area contributed by atoms with Crippen LogP contribution in [0.1, 0.15) is 25.0 Å². The van der Waals surface area contributed by atoms with Gasteiger partial charge in [-0.05, 0) is 34.4 Å². The third-order valence-corrected chi connectivity index (χ3v) is 5.72. The first-order valence-corrected chi connectivity index (χ1v) is 9.87. The molecule has 2 nitrogen and oxygen atoms in total. The van der Waals surface area contributed by atoms with E-state index in [0.717, 1.165) is 33.6 Å². The van der Waals surface area contributed by atoms with Gasteiger partial charge in [-0.2, -0.15) is 0 Å². The van der Waals surface area contributed by atoms with Crippen molar-refractivity contribution in [3.05, 3.63) is 108 Å². The van der Waals surface area contributed by atoms with Gasteiger partial charge in [-0.25, -0.2) is 0 Å². The van der Waals surface area contributed by atoms with E-state index in [1.165, 1.54) is 11.1 Å². The zero-order valence-electron chi connectivity index (χ0n) is 16.9. The minimum atomic E-state index is -0.216. The maximum absolute atomic E-state index is 6.43. The Kier molecular flexibility index (Phi) is 4.85. The van der Waals surface area contributed by atoms with Crippen molar-refractivity contribution in [3.63, 3.8) is 0 Å². The summed E-state index contributed by atoms with van der Waals surface area (Å²) in [6, 6.07) is 33.2. The molecule has 4 aromatic carbocycles. The fourth-order valence-electron chi connectivity index (χ4n) is 3.83. The average molecular weight is 379 g/mol. The van der Waals surface area contributed by atoms with Gasteiger partial charge < -0.3 is 11.5 Å². The Labute approximate surface area is 172 Å². The molecule has 0 aliphatic carbocycles. The van der Waals surface area contributed by atoms with Gasteiger partial charge in [-0.15, -0.1) is 0 Å². The molecule has 0 heterocycles. The molecule has 0 bridgehead atoms. The fourth-order valence-corrected chi connectivity index (χ4v) is 3.83. The Hall–Kier alpha value is -3.52. The SMILES string of the molecule is CC(C)(c1ccc(-c2ccccc2)c(N)c1)c1ccc(-c2ccccc2)c(N)c1. The van der Waals surface area contributed by atoms with E-state index in [1.807, 2.05) is 36.4 Å². The smallest absolute Gasteiger partial charge is 0.0396 e. The molecule has 0 aliphatic rings. The van der Waals surface area contributed by atoms with Crippen molar-refractivity contribution in [2.75, 3.05) is 11.5 Å². The number of hydrogen-bond donors (Lipinski definition) is 2. The molecule has 144 valence electrons. The van der Waals surface area contributed by atoms with E-state index in [1.54, 1.807) is 0 Å². The zero-order valence-corrected chi connectivity index (χ0v) is 16.9. The van der Waals surface area contributed by atoms with Crippen molar-refractivity contribution in [2.24, 2.45) is 0 Å². The minimum absolute atomic E-state index is 0.216. The van der Waals surface area contributed by atoms with Crippen LogP contribution in [0, 0.1) is 0 Å². The summed E-state index contributed by atoms with van der Waals surface area (Å²) < 4.78 is 0. The van der Waals surface area contributed by atoms with Crippen molar-refractivity contribution in [2.45, 2.75) is 19.3 Å². The Bertz CT molecular complexity index is 1040. The fraction of sp³-hybridized carbons (Fsp3) is 0.111. The molecule has 29 heavy (non-hydrogen) atoms. The molecule has 0 aliphatic heterocycles. The Morgan fingerprint density at radius 1 is 0.517 bits per heavy atom. The first-order valence-electron chi connectivity index (χ1n) is 9.87. The molecular weight excluding hydrogens is 352 g/mol. The lowest BCUT2D eigenvalue weighted by Gasteiger charge is -2.28. The van der Waals surface area contributed by atoms with Crippen molar-refractivity contribution < 1.29 is 0 Å². The van der Waals surface area contributed by atoms with Crippen molar-refractivity contribution >= 4 is 11.4 Å². The van der Waals surface area contributed by atoms with E-state index in [-0.39, 0.29) is 5.41 Å². The molecule has 4 aromatic rings. The van der Waals surface area contributed by atoms with Crippen LogP contribution in [0.5, 0.6) is 0 Å². The van der Waals surface area contributed by atoms with Crippen LogP contribution in [-0.4, -0.2) is 0 Å². The van der Waals surface area contributed by atoms with Crippen LogP contribution in [-0.2, 0) is 5.41 Å². The highest BCUT2D eigenvalue weighted by molar-refractivity contribution is 5.78. The Balaban J connectivity index is 1.70. The summed E-state index contributed by atoms with van der Waals surface area (Å²) in [6.45, 7) is 4.42. The van der Waals surface area contributed by atoms with Gasteiger partial charge in [0.15, 0.2) is 0 Å². The first-order chi connectivity index (χ1) is 14.0. The predicted molar refractivity (Wildman–Crippen MR) is 125 cm³/mol. The van der Waals surface area contributed by atoms with Gasteiger partial charge in [0.25, 0.3) is 0 Å². The molecule has 4 rings (SSSR count). The van der Waals surface area contributed by atoms with Gasteiger partial charge in [0.1, 0.15) is 0 Å². The number of nitrogen functional groups attached to an aromatic ring is 2. The second kappa shape index (κ2) is 7.48. The predicted octanol–water partition coefficient (Wildman–Crippen LogP) is 6.51. The molecule has 0 atom stereocenters. The second-order valence-corrected chi connectivity index (χ2v) is 7.96. The summed E-state index contributed by atoms with van der Waals surface area (Å²) in [5, 5.41) is 0. The molecule has 0 spiro atoms. The standard InChI is InChI=1S/C27H26N2/c1-27(2,21-13-15-23(25(28)17-21)19-9-5-3-6-10-19)22-14-16-24(26(29)18-22)20-11-7-4-8-12-20/h3-18H,28-29H2,1-2H3. The quantitative estimate of drug-likeness (QED) is 0.398. The van der Waals surface area contributed by atoms with Crippen LogP contribution in [0.25, 0.3) is 22.3 Å². The van der Waals surface area contributed by atoms with E-state index in [9.17, 15) is 0 Å². The van der Waals surface area contributed by atoms with Crippen LogP contribution in [0.4, 0.5) is 11.4 Å². The normalized spacial score (nSPS) is 11.4. The van der Waals surface area contributed by atoms with E-state index in [0.29, 0.717) is 0 Å². The van der Waals surface area contributed by atoms with Crippen LogP contribution in [0.15, 0.2) is 97.1 Å². The molecule has 2 heteroatoms. The molecule has 0 radical (unpaired) electrons. The van der Waals surface area contributed by atoms with Crippen LogP contribution in [0.2, 0.25) is 0 Å². The number of rotatable bonds is 4. The highest BCUT2D eigenvalue weighted by atomic mass is 14.6. The van der Waals surface area contributed by atoms with Crippen molar-refractivity contribution in [1.82, 2.24) is 0 Å². The molecular formula is C27H26N2. The third-order valence-electron chi connectivity index (χ3n) is 5.72. The lowest BCUT2D eigenvalue weighted by Crippen LogP contribution is -2.19. The minimum Gasteiger partial charge on any atom is -0.398 e. The number of hydrogen-bond acceptors (Lipinski definition) is 2. The van der Waals surface area contributed by atoms with Gasteiger partial charge >= 0.3 is 0 Å². The lowest BCUT2D eigenvalue weighted by molar-refractivity contribution is 0.641. The molecule has 0 unspecified atom stereocenters. The average Bonchev–Trinajstić information content (AvgIpc) is 2.75. The van der Waals surface area contributed by atoms with Gasteiger partial charge in [-0.3, -0.25) is 0 Å². The van der Waals surface area contributed by atoms with E-state index < -0.39 is 0 Å². The zero-order chi connectivity index (χ0) is 20.4. The summed E-state index contributed by atoms with van der Waals surface area (Å²) in [5.41, 5.74) is 20.9. The molecule has 4 N–H and O–H groups in total. The summed E-state index contributed by atoms with van der Waals surface area (Å²) in [5.74, 6) is 0. The summed E-state index contributed by atoms with van der Waals surface area (Å²) in [6.07, 6.45) is 0. The highest BCUT2D eigenvalue weighted by Gasteiger charge is 2.24. The van der Waals surface area contributed by atoms with E-state index in [2.05, 4.69) is 74.5 Å². The van der Waals surface area contributed by atoms with Gasteiger partial charge in [-0.1, -0.05) is 98.8 Å². The van der Waals surface area contributed by atoms with Gasteiger partial charge in [0.05, 0.1) is 0 Å². The van der Waals surface area contributed by atoms with Crippen LogP contribution >= 0.6 is 0 Å². The van der Waals surface area contributed by atoms with Gasteiger partial charge in [0.2, 0.25) is 0 Å². The molecule has 0 saturated heterocycles. The molecule has 0 fully saturated rings. The second-order valence-electron chi connectivity index (χ2n) is 7.96. The monoisotopic (exact) mass is 378 g/mol. The van der Waals surface area contributed by atoms with Crippen LogP contribution < -0.4 is 11.5 Å². The lowest BCUT2D eigenvalue weighted by atomic mass is 9.77. The summed E-state index contributed by atoms with van der Waals surface area (Å²) in [4.78, 5) is 0. The maximum atomic E-state index is 6.43. The van der Waals surface area contributed by atoms with Crippen LogP contribution in [0.3, 0.4) is 0 Å². The molecule has 0 aromatic heterocycles. The maximum Gasteiger partial charge on any atom is 0.0396 e.